The molecule has 0 aliphatic carbocycles. The lowest BCUT2D eigenvalue weighted by molar-refractivity contribution is -0.167. The Morgan fingerprint density at radius 3 is 0.812 bits per heavy atom. The summed E-state index contributed by atoms with van der Waals surface area (Å²) in [4.78, 5) is 38.2. The quantitative estimate of drug-likeness (QED) is 0.0262. The summed E-state index contributed by atoms with van der Waals surface area (Å²) in [5.74, 6) is -0.926. The van der Waals surface area contributed by atoms with Gasteiger partial charge in [0.05, 0.1) is 0 Å². The fourth-order valence-corrected chi connectivity index (χ4v) is 7.92. The van der Waals surface area contributed by atoms with Crippen LogP contribution in [0.25, 0.3) is 0 Å². The Kier molecular flexibility index (Phi) is 54.3. The van der Waals surface area contributed by atoms with Gasteiger partial charge >= 0.3 is 17.9 Å². The molecule has 0 heterocycles. The molecule has 1 atom stereocenters. The zero-order valence-corrected chi connectivity index (χ0v) is 45.3. The van der Waals surface area contributed by atoms with E-state index in [1.165, 1.54) is 122 Å². The van der Waals surface area contributed by atoms with Gasteiger partial charge in [-0.15, -0.1) is 0 Å². The summed E-state index contributed by atoms with van der Waals surface area (Å²) in [5.41, 5.74) is 0. The monoisotopic (exact) mass is 961 g/mol. The highest BCUT2D eigenvalue weighted by Gasteiger charge is 2.19. The summed E-state index contributed by atoms with van der Waals surface area (Å²) in [5, 5.41) is 0. The van der Waals surface area contributed by atoms with Crippen molar-refractivity contribution >= 4 is 17.9 Å². The molecule has 0 aromatic rings. The van der Waals surface area contributed by atoms with Gasteiger partial charge in [-0.2, -0.15) is 0 Å². The molecule has 69 heavy (non-hydrogen) atoms. The van der Waals surface area contributed by atoms with Crippen molar-refractivity contribution in [3.8, 4) is 0 Å². The van der Waals surface area contributed by atoms with Crippen molar-refractivity contribution in [2.75, 3.05) is 13.2 Å². The molecule has 396 valence electrons. The number of allylic oxidation sites excluding steroid dienone is 14. The molecule has 0 aromatic heterocycles. The van der Waals surface area contributed by atoms with Crippen LogP contribution >= 0.6 is 0 Å². The van der Waals surface area contributed by atoms with Crippen LogP contribution in [0.5, 0.6) is 0 Å². The smallest absolute Gasteiger partial charge is 0.306 e. The Labute approximate surface area is 426 Å². The van der Waals surface area contributed by atoms with Crippen molar-refractivity contribution in [2.45, 2.75) is 284 Å². The van der Waals surface area contributed by atoms with E-state index in [0.29, 0.717) is 19.3 Å². The Morgan fingerprint density at radius 1 is 0.290 bits per heavy atom. The third kappa shape index (κ3) is 55.4. The molecule has 0 saturated heterocycles. The third-order valence-electron chi connectivity index (χ3n) is 12.3. The number of hydrogen-bond donors (Lipinski definition) is 0. The van der Waals surface area contributed by atoms with Crippen molar-refractivity contribution in [3.63, 3.8) is 0 Å². The van der Waals surface area contributed by atoms with E-state index in [2.05, 4.69) is 106 Å². The van der Waals surface area contributed by atoms with Gasteiger partial charge in [0, 0.05) is 19.3 Å². The molecule has 0 N–H and O–H groups in total. The van der Waals surface area contributed by atoms with E-state index in [1.807, 2.05) is 0 Å². The summed E-state index contributed by atoms with van der Waals surface area (Å²) in [6.07, 6.45) is 74.2. The molecule has 0 aliphatic rings. The number of hydrogen-bond acceptors (Lipinski definition) is 6. The Balaban J connectivity index is 4.44. The summed E-state index contributed by atoms with van der Waals surface area (Å²) in [7, 11) is 0. The van der Waals surface area contributed by atoms with Crippen LogP contribution < -0.4 is 0 Å². The summed E-state index contributed by atoms with van der Waals surface area (Å²) in [6, 6.07) is 0. The fourth-order valence-electron chi connectivity index (χ4n) is 7.92. The van der Waals surface area contributed by atoms with Crippen LogP contribution in [0.15, 0.2) is 85.1 Å². The van der Waals surface area contributed by atoms with Crippen LogP contribution in [0.3, 0.4) is 0 Å². The molecule has 6 nitrogen and oxygen atoms in total. The van der Waals surface area contributed by atoms with Gasteiger partial charge in [-0.3, -0.25) is 14.4 Å². The minimum absolute atomic E-state index is 0.0918. The van der Waals surface area contributed by atoms with Gasteiger partial charge in [0.15, 0.2) is 6.10 Å². The molecule has 0 saturated carbocycles. The van der Waals surface area contributed by atoms with Crippen LogP contribution in [0.2, 0.25) is 0 Å². The first-order valence-corrected chi connectivity index (χ1v) is 29.1. The van der Waals surface area contributed by atoms with Gasteiger partial charge in [0.2, 0.25) is 0 Å². The summed E-state index contributed by atoms with van der Waals surface area (Å²) >= 11 is 0. The average molecular weight is 962 g/mol. The average Bonchev–Trinajstić information content (AvgIpc) is 3.35. The van der Waals surface area contributed by atoms with E-state index in [9.17, 15) is 14.4 Å². The first-order chi connectivity index (χ1) is 34.0. The van der Waals surface area contributed by atoms with Crippen molar-refractivity contribution < 1.29 is 28.6 Å². The summed E-state index contributed by atoms with van der Waals surface area (Å²) in [6.45, 7) is 6.54. The van der Waals surface area contributed by atoms with Crippen molar-refractivity contribution in [1.29, 1.82) is 0 Å². The second-order valence-electron chi connectivity index (χ2n) is 19.2. The normalized spacial score (nSPS) is 12.7. The lowest BCUT2D eigenvalue weighted by atomic mass is 10.1. The van der Waals surface area contributed by atoms with Crippen LogP contribution in [0.4, 0.5) is 0 Å². The first kappa shape index (κ1) is 65.6. The predicted molar refractivity (Wildman–Crippen MR) is 297 cm³/mol. The highest BCUT2D eigenvalue weighted by atomic mass is 16.6. The predicted octanol–water partition coefficient (Wildman–Crippen LogP) is 19.5. The molecule has 0 rings (SSSR count). The number of carbonyl (C=O) groups is 3. The molecular formula is C63H108O6. The number of esters is 3. The molecule has 0 radical (unpaired) electrons. The van der Waals surface area contributed by atoms with Crippen molar-refractivity contribution in [2.24, 2.45) is 0 Å². The van der Waals surface area contributed by atoms with E-state index >= 15 is 0 Å². The number of ether oxygens (including phenoxy) is 3. The lowest BCUT2D eigenvalue weighted by Crippen LogP contribution is -2.30. The van der Waals surface area contributed by atoms with Gasteiger partial charge in [0.1, 0.15) is 13.2 Å². The molecule has 0 aliphatic heterocycles. The van der Waals surface area contributed by atoms with E-state index in [-0.39, 0.29) is 31.1 Å². The Morgan fingerprint density at radius 2 is 0.522 bits per heavy atom. The van der Waals surface area contributed by atoms with Gasteiger partial charge in [-0.25, -0.2) is 0 Å². The number of rotatable bonds is 52. The van der Waals surface area contributed by atoms with E-state index in [1.54, 1.807) is 0 Å². The van der Waals surface area contributed by atoms with Crippen LogP contribution in [0, 0.1) is 0 Å². The maximum atomic E-state index is 12.9. The van der Waals surface area contributed by atoms with Gasteiger partial charge < -0.3 is 14.2 Å². The molecular weight excluding hydrogens is 853 g/mol. The first-order valence-electron chi connectivity index (χ1n) is 29.1. The molecule has 0 unspecified atom stereocenters. The second-order valence-corrected chi connectivity index (χ2v) is 19.2. The molecule has 0 amide bonds. The van der Waals surface area contributed by atoms with Crippen LogP contribution in [-0.2, 0) is 28.6 Å². The zero-order valence-electron chi connectivity index (χ0n) is 45.3. The second kappa shape index (κ2) is 57.2. The molecule has 6 heteroatoms. The van der Waals surface area contributed by atoms with E-state index in [0.717, 1.165) is 116 Å². The van der Waals surface area contributed by atoms with Crippen LogP contribution in [-0.4, -0.2) is 37.2 Å². The molecule has 0 bridgehead atoms. The van der Waals surface area contributed by atoms with Crippen LogP contribution in [0.1, 0.15) is 278 Å². The lowest BCUT2D eigenvalue weighted by Gasteiger charge is -2.18. The topological polar surface area (TPSA) is 78.9 Å². The minimum Gasteiger partial charge on any atom is -0.462 e. The largest absolute Gasteiger partial charge is 0.462 e. The Hall–Kier alpha value is -3.41. The summed E-state index contributed by atoms with van der Waals surface area (Å²) < 4.78 is 16.8. The maximum Gasteiger partial charge on any atom is 0.306 e. The van der Waals surface area contributed by atoms with Crippen molar-refractivity contribution in [1.82, 2.24) is 0 Å². The molecule has 0 fully saturated rings. The maximum absolute atomic E-state index is 12.9. The fraction of sp³-hybridized carbons (Fsp3) is 0.730. The highest BCUT2D eigenvalue weighted by Crippen LogP contribution is 2.14. The third-order valence-corrected chi connectivity index (χ3v) is 12.3. The standard InChI is InChI=1S/C63H108O6/c1-4-7-10-13-16-19-22-25-28-30-31-33-36-38-41-44-47-50-53-56-62(65)68-59-60(69-63(66)57-54-51-48-45-42-39-34-27-24-21-18-15-12-9-6-3)58-67-61(64)55-52-49-46-43-40-37-35-32-29-26-23-20-17-14-11-8-5-2/h16-21,25-29,34-35,37,60H,4-15,22-24,30-33,36,38-59H2,1-3H3/b19-16-,20-17-,21-18-,28-25-,29-26-,34-27-,37-35-/t60-/m0/s1. The molecule has 0 aromatic carbocycles. The van der Waals surface area contributed by atoms with Gasteiger partial charge in [0.25, 0.3) is 0 Å². The van der Waals surface area contributed by atoms with Gasteiger partial charge in [-0.1, -0.05) is 221 Å². The number of carbonyl (C=O) groups excluding carboxylic acids is 3. The Bertz CT molecular complexity index is 1330. The van der Waals surface area contributed by atoms with Crippen molar-refractivity contribution in [3.05, 3.63) is 85.1 Å². The molecule has 0 spiro atoms. The van der Waals surface area contributed by atoms with E-state index in [4.69, 9.17) is 14.2 Å². The number of unbranched alkanes of at least 4 members (excludes halogenated alkanes) is 27. The highest BCUT2D eigenvalue weighted by molar-refractivity contribution is 5.71. The van der Waals surface area contributed by atoms with E-state index < -0.39 is 6.10 Å². The minimum atomic E-state index is -0.796. The SMILES string of the molecule is CCCCC/C=C\C/C=C\C/C=C\CCCCCCC(=O)OC[C@@H](COC(=O)CCCCCCCCCCC/C=C\C/C=C\CCCCC)OC(=O)CCCCCCC/C=C\C/C=C\CCCCC. The van der Waals surface area contributed by atoms with Gasteiger partial charge in [-0.05, 0) is 122 Å². The zero-order chi connectivity index (χ0) is 50.0.